The highest BCUT2D eigenvalue weighted by Crippen LogP contribution is 2.31. The fraction of sp³-hybridized carbons (Fsp3) is 0.238. The van der Waals surface area contributed by atoms with Gasteiger partial charge >= 0.3 is 0 Å². The summed E-state index contributed by atoms with van der Waals surface area (Å²) in [5, 5.41) is 0. The number of likely N-dealkylation sites (N-methyl/N-ethyl adjacent to an activating group) is 1. The molecular weight excluding hydrogens is 366 g/mol. The number of nitrogens with two attached hydrogens (primary N) is 1. The van der Waals surface area contributed by atoms with Crippen molar-refractivity contribution in [1.29, 1.82) is 0 Å². The molecule has 2 N–H and O–H groups in total. The van der Waals surface area contributed by atoms with Crippen LogP contribution in [0.25, 0.3) is 16.9 Å². The molecule has 146 valence electrons. The topological polar surface area (TPSA) is 94.5 Å². The SMILES string of the molecule is Cc1cc(-c2cnc(N)c(Oc3cnc4cnccn34)n2)cc2c1CCN(C)C2. The summed E-state index contributed by atoms with van der Waals surface area (Å²) >= 11 is 0. The highest BCUT2D eigenvalue weighted by molar-refractivity contribution is 5.64. The Morgan fingerprint density at radius 2 is 2.03 bits per heavy atom. The van der Waals surface area contributed by atoms with E-state index in [1.54, 1.807) is 35.4 Å². The third-order valence-electron chi connectivity index (χ3n) is 5.30. The van der Waals surface area contributed by atoms with Crippen LogP contribution in [-0.2, 0) is 13.0 Å². The zero-order valence-corrected chi connectivity index (χ0v) is 16.3. The van der Waals surface area contributed by atoms with Crippen molar-refractivity contribution in [3.63, 3.8) is 0 Å². The van der Waals surface area contributed by atoms with E-state index in [0.29, 0.717) is 11.5 Å². The van der Waals surface area contributed by atoms with E-state index in [4.69, 9.17) is 10.5 Å². The Hall–Kier alpha value is -3.52. The Morgan fingerprint density at radius 3 is 2.93 bits per heavy atom. The first-order valence-electron chi connectivity index (χ1n) is 9.47. The van der Waals surface area contributed by atoms with Crippen molar-refractivity contribution in [3.05, 3.63) is 59.8 Å². The Kier molecular flexibility index (Phi) is 4.13. The number of fused-ring (bicyclic) bond motifs is 2. The number of anilines is 1. The minimum atomic E-state index is 0.229. The Bertz CT molecular complexity index is 1220. The van der Waals surface area contributed by atoms with Crippen molar-refractivity contribution < 1.29 is 4.74 Å². The van der Waals surface area contributed by atoms with Gasteiger partial charge in [0.05, 0.1) is 24.3 Å². The van der Waals surface area contributed by atoms with Crippen molar-refractivity contribution in [2.75, 3.05) is 19.3 Å². The summed E-state index contributed by atoms with van der Waals surface area (Å²) in [5.41, 5.74) is 12.5. The second-order valence-electron chi connectivity index (χ2n) is 7.37. The molecule has 0 bridgehead atoms. The summed E-state index contributed by atoms with van der Waals surface area (Å²) in [4.78, 5) is 19.6. The van der Waals surface area contributed by atoms with Gasteiger partial charge in [0, 0.05) is 31.0 Å². The summed E-state index contributed by atoms with van der Waals surface area (Å²) in [6.45, 7) is 4.18. The third kappa shape index (κ3) is 3.17. The summed E-state index contributed by atoms with van der Waals surface area (Å²) in [6, 6.07) is 4.36. The predicted molar refractivity (Wildman–Crippen MR) is 110 cm³/mol. The Balaban J connectivity index is 1.53. The van der Waals surface area contributed by atoms with Gasteiger partial charge in [-0.25, -0.2) is 15.0 Å². The van der Waals surface area contributed by atoms with Crippen molar-refractivity contribution in [1.82, 2.24) is 29.2 Å². The van der Waals surface area contributed by atoms with E-state index in [9.17, 15) is 0 Å². The van der Waals surface area contributed by atoms with Gasteiger partial charge in [-0.15, -0.1) is 0 Å². The molecule has 1 aliphatic rings. The quantitative estimate of drug-likeness (QED) is 0.577. The average molecular weight is 387 g/mol. The normalized spacial score (nSPS) is 14.1. The highest BCUT2D eigenvalue weighted by Gasteiger charge is 2.18. The van der Waals surface area contributed by atoms with E-state index in [2.05, 4.69) is 50.9 Å². The number of aryl methyl sites for hydroxylation is 1. The van der Waals surface area contributed by atoms with Gasteiger partial charge in [-0.2, -0.15) is 0 Å². The Labute approximate surface area is 168 Å². The zero-order chi connectivity index (χ0) is 20.0. The summed E-state index contributed by atoms with van der Waals surface area (Å²) < 4.78 is 7.73. The zero-order valence-electron chi connectivity index (χ0n) is 16.3. The minimum Gasteiger partial charge on any atom is -0.417 e. The van der Waals surface area contributed by atoms with Gasteiger partial charge in [-0.05, 0) is 49.2 Å². The lowest BCUT2D eigenvalue weighted by Crippen LogP contribution is -2.27. The van der Waals surface area contributed by atoms with Crippen molar-refractivity contribution in [2.45, 2.75) is 19.9 Å². The number of benzene rings is 1. The molecule has 8 nitrogen and oxygen atoms in total. The fourth-order valence-electron chi connectivity index (χ4n) is 3.80. The van der Waals surface area contributed by atoms with Crippen LogP contribution in [0.1, 0.15) is 16.7 Å². The van der Waals surface area contributed by atoms with Crippen LogP contribution in [0.15, 0.2) is 43.1 Å². The molecule has 3 aromatic heterocycles. The third-order valence-corrected chi connectivity index (χ3v) is 5.30. The molecule has 0 saturated carbocycles. The molecule has 5 rings (SSSR count). The molecule has 1 aliphatic heterocycles. The number of ether oxygens (including phenoxy) is 1. The summed E-state index contributed by atoms with van der Waals surface area (Å²) in [5.74, 6) is 0.990. The second kappa shape index (κ2) is 6.82. The maximum Gasteiger partial charge on any atom is 0.264 e. The Morgan fingerprint density at radius 1 is 1.14 bits per heavy atom. The molecule has 0 spiro atoms. The molecule has 4 aromatic rings. The maximum atomic E-state index is 6.04. The average Bonchev–Trinajstić information content (AvgIpc) is 3.12. The van der Waals surface area contributed by atoms with E-state index in [0.717, 1.165) is 30.8 Å². The molecule has 29 heavy (non-hydrogen) atoms. The van der Waals surface area contributed by atoms with E-state index < -0.39 is 0 Å². The number of rotatable bonds is 3. The minimum absolute atomic E-state index is 0.229. The van der Waals surface area contributed by atoms with E-state index >= 15 is 0 Å². The van der Waals surface area contributed by atoms with Crippen LogP contribution >= 0.6 is 0 Å². The number of nitrogen functional groups attached to an aromatic ring is 1. The van der Waals surface area contributed by atoms with Crippen LogP contribution in [0.2, 0.25) is 0 Å². The number of hydrogen-bond acceptors (Lipinski definition) is 7. The lowest BCUT2D eigenvalue weighted by Gasteiger charge is -2.27. The maximum absolute atomic E-state index is 6.04. The lowest BCUT2D eigenvalue weighted by atomic mass is 9.92. The molecule has 0 unspecified atom stereocenters. The van der Waals surface area contributed by atoms with Gasteiger partial charge in [0.15, 0.2) is 11.5 Å². The van der Waals surface area contributed by atoms with Crippen LogP contribution in [0.3, 0.4) is 0 Å². The highest BCUT2D eigenvalue weighted by atomic mass is 16.5. The molecule has 0 saturated heterocycles. The fourth-order valence-corrected chi connectivity index (χ4v) is 3.80. The van der Waals surface area contributed by atoms with Crippen LogP contribution in [0, 0.1) is 6.92 Å². The van der Waals surface area contributed by atoms with Gasteiger partial charge < -0.3 is 15.4 Å². The monoisotopic (exact) mass is 387 g/mol. The van der Waals surface area contributed by atoms with Crippen LogP contribution in [0.4, 0.5) is 5.82 Å². The number of nitrogens with zero attached hydrogens (tertiary/aromatic N) is 6. The second-order valence-corrected chi connectivity index (χ2v) is 7.37. The van der Waals surface area contributed by atoms with Crippen molar-refractivity contribution >= 4 is 11.5 Å². The summed E-state index contributed by atoms with van der Waals surface area (Å²) in [6.07, 6.45) is 9.47. The number of aromatic nitrogens is 5. The molecule has 0 atom stereocenters. The number of hydrogen-bond donors (Lipinski definition) is 1. The predicted octanol–water partition coefficient (Wildman–Crippen LogP) is 2.86. The van der Waals surface area contributed by atoms with Gasteiger partial charge in [0.1, 0.15) is 0 Å². The van der Waals surface area contributed by atoms with Gasteiger partial charge in [0.25, 0.3) is 5.88 Å². The molecule has 0 aliphatic carbocycles. The molecular formula is C21H21N7O. The van der Waals surface area contributed by atoms with Gasteiger partial charge in [-0.3, -0.25) is 9.38 Å². The standard InChI is InChI=1S/C21H21N7O/c1-13-7-14(8-15-12-27(2)5-3-16(13)15)17-9-25-20(22)21(26-17)29-19-11-24-18-10-23-4-6-28(18)19/h4,6-11H,3,5,12H2,1-2H3,(H2,22,25). The first-order chi connectivity index (χ1) is 14.1. The van der Waals surface area contributed by atoms with E-state index in [-0.39, 0.29) is 11.7 Å². The van der Waals surface area contributed by atoms with Gasteiger partial charge in [-0.1, -0.05) is 0 Å². The first-order valence-corrected chi connectivity index (χ1v) is 9.47. The van der Waals surface area contributed by atoms with Crippen molar-refractivity contribution in [3.8, 4) is 23.0 Å². The molecule has 8 heteroatoms. The largest absolute Gasteiger partial charge is 0.417 e. The molecule has 0 radical (unpaired) electrons. The van der Waals surface area contributed by atoms with Crippen LogP contribution in [0.5, 0.6) is 11.8 Å². The van der Waals surface area contributed by atoms with E-state index in [1.165, 1.54) is 16.7 Å². The number of imidazole rings is 1. The summed E-state index contributed by atoms with van der Waals surface area (Å²) in [7, 11) is 2.14. The van der Waals surface area contributed by atoms with E-state index in [1.807, 2.05) is 0 Å². The molecule has 1 aromatic carbocycles. The van der Waals surface area contributed by atoms with Crippen LogP contribution in [-0.4, -0.2) is 42.8 Å². The van der Waals surface area contributed by atoms with Crippen LogP contribution < -0.4 is 10.5 Å². The molecule has 4 heterocycles. The smallest absolute Gasteiger partial charge is 0.264 e. The molecule has 0 fully saturated rings. The lowest BCUT2D eigenvalue weighted by molar-refractivity contribution is 0.312. The first kappa shape index (κ1) is 17.6. The van der Waals surface area contributed by atoms with Gasteiger partial charge in [0.2, 0.25) is 5.88 Å². The van der Waals surface area contributed by atoms with Crippen molar-refractivity contribution in [2.24, 2.45) is 0 Å². The molecule has 0 amide bonds.